The van der Waals surface area contributed by atoms with E-state index in [9.17, 15) is 17.6 Å². The van der Waals surface area contributed by atoms with Gasteiger partial charge in [-0.05, 0) is 12.1 Å². The van der Waals surface area contributed by atoms with Gasteiger partial charge in [-0.25, -0.2) is 13.2 Å². The molecule has 1 heterocycles. The fourth-order valence-corrected chi connectivity index (χ4v) is 2.38. The summed E-state index contributed by atoms with van der Waals surface area (Å²) in [5.74, 6) is -3.94. The average Bonchev–Trinajstić information content (AvgIpc) is 2.78. The van der Waals surface area contributed by atoms with Crippen molar-refractivity contribution < 1.29 is 22.0 Å². The summed E-state index contributed by atoms with van der Waals surface area (Å²) in [5, 5.41) is 0. The number of aromatic nitrogens is 1. The first-order valence-electron chi connectivity index (χ1n) is 7.14. The summed E-state index contributed by atoms with van der Waals surface area (Å²) in [5.41, 5.74) is -6.84. The Morgan fingerprint density at radius 1 is 0.727 bits per heavy atom. The van der Waals surface area contributed by atoms with Gasteiger partial charge in [0.15, 0.2) is 5.67 Å². The van der Waals surface area contributed by atoms with Crippen LogP contribution in [0.2, 0.25) is 0 Å². The van der Waals surface area contributed by atoms with Gasteiger partial charge < -0.3 is 0 Å². The Morgan fingerprint density at radius 3 is 1.45 bits per heavy atom. The second-order valence-electron chi connectivity index (χ2n) is 7.81. The monoisotopic (exact) mass is 325 g/mol. The van der Waals surface area contributed by atoms with Crippen LogP contribution in [-0.2, 0) is 6.05 Å². The van der Waals surface area contributed by atoms with Crippen molar-refractivity contribution >= 4 is 0 Å². The lowest BCUT2D eigenvalue weighted by atomic mass is 9.65. The molecule has 0 bridgehead atoms. The van der Waals surface area contributed by atoms with Crippen LogP contribution < -0.4 is 0 Å². The zero-order valence-corrected chi connectivity index (χ0v) is 13.9. The van der Waals surface area contributed by atoms with Crippen LogP contribution in [0.15, 0.2) is 24.5 Å². The maximum atomic E-state index is 15.4. The molecule has 0 aromatic carbocycles. The molecular formula is C16H24F5N. The highest BCUT2D eigenvalue weighted by molar-refractivity contribution is 5.09. The third kappa shape index (κ3) is 3.01. The van der Waals surface area contributed by atoms with E-state index in [4.69, 9.17) is 0 Å². The molecule has 0 spiro atoms. The van der Waals surface area contributed by atoms with Gasteiger partial charge in [0.25, 0.3) is 5.92 Å². The summed E-state index contributed by atoms with van der Waals surface area (Å²) in [6, 6.07) is -1.07. The van der Waals surface area contributed by atoms with Crippen molar-refractivity contribution in [3.8, 4) is 0 Å². The van der Waals surface area contributed by atoms with E-state index in [1.807, 2.05) is 0 Å². The number of halogens is 5. The molecular weight excluding hydrogens is 301 g/mol. The van der Waals surface area contributed by atoms with Crippen LogP contribution in [0, 0.1) is 10.8 Å². The molecule has 0 aliphatic heterocycles. The van der Waals surface area contributed by atoms with E-state index in [0.29, 0.717) is 4.57 Å². The maximum absolute atomic E-state index is 15.4. The predicted molar refractivity (Wildman–Crippen MR) is 76.9 cm³/mol. The van der Waals surface area contributed by atoms with Gasteiger partial charge in [-0.1, -0.05) is 41.5 Å². The first-order chi connectivity index (χ1) is 9.56. The normalized spacial score (nSPS) is 17.4. The van der Waals surface area contributed by atoms with Gasteiger partial charge in [-0.3, -0.25) is 4.57 Å². The third-order valence-corrected chi connectivity index (χ3v) is 4.07. The summed E-state index contributed by atoms with van der Waals surface area (Å²) < 4.78 is 74.0. The van der Waals surface area contributed by atoms with Crippen molar-refractivity contribution in [1.29, 1.82) is 0 Å². The lowest BCUT2D eigenvalue weighted by Gasteiger charge is -2.49. The van der Waals surface area contributed by atoms with E-state index < -0.39 is 34.9 Å². The Balaban J connectivity index is 3.38. The molecule has 22 heavy (non-hydrogen) atoms. The summed E-state index contributed by atoms with van der Waals surface area (Å²) in [6.45, 7) is 7.12. The fourth-order valence-electron chi connectivity index (χ4n) is 2.38. The minimum Gasteiger partial charge on any atom is -0.296 e. The topological polar surface area (TPSA) is 4.93 Å². The Kier molecular flexibility index (Phi) is 4.52. The highest BCUT2D eigenvalue weighted by Crippen LogP contribution is 2.57. The van der Waals surface area contributed by atoms with Crippen molar-refractivity contribution in [2.75, 3.05) is 0 Å². The molecule has 0 saturated heterocycles. The van der Waals surface area contributed by atoms with E-state index in [-0.39, 0.29) is 0 Å². The SMILES string of the molecule is CC(C)(C)C(F)(F)C(F)(CC(F)(F)n1cccc1)C(C)(C)C. The predicted octanol–water partition coefficient (Wildman–Crippen LogP) is 5.86. The largest absolute Gasteiger partial charge is 0.332 e. The van der Waals surface area contributed by atoms with Crippen molar-refractivity contribution in [3.63, 3.8) is 0 Å². The number of nitrogens with zero attached hydrogens (tertiary/aromatic N) is 1. The molecule has 1 aromatic heterocycles. The zero-order chi connectivity index (χ0) is 17.6. The maximum Gasteiger partial charge on any atom is 0.332 e. The van der Waals surface area contributed by atoms with Gasteiger partial charge in [-0.15, -0.1) is 0 Å². The van der Waals surface area contributed by atoms with Crippen LogP contribution >= 0.6 is 0 Å². The van der Waals surface area contributed by atoms with Crippen molar-refractivity contribution in [2.45, 2.75) is 65.6 Å². The molecule has 0 saturated carbocycles. The number of hydrogen-bond acceptors (Lipinski definition) is 0. The molecule has 1 atom stereocenters. The molecule has 1 nitrogen and oxygen atoms in total. The second kappa shape index (κ2) is 5.24. The summed E-state index contributed by atoms with van der Waals surface area (Å²) in [6.07, 6.45) is 0.485. The summed E-state index contributed by atoms with van der Waals surface area (Å²) >= 11 is 0. The van der Waals surface area contributed by atoms with Gasteiger partial charge in [0.1, 0.15) is 0 Å². The average molecular weight is 325 g/mol. The molecule has 0 amide bonds. The third-order valence-electron chi connectivity index (χ3n) is 4.07. The Morgan fingerprint density at radius 2 is 1.14 bits per heavy atom. The lowest BCUT2D eigenvalue weighted by Crippen LogP contribution is -2.61. The van der Waals surface area contributed by atoms with Crippen molar-refractivity contribution in [3.05, 3.63) is 24.5 Å². The van der Waals surface area contributed by atoms with Gasteiger partial charge in [-0.2, -0.15) is 8.78 Å². The van der Waals surface area contributed by atoms with Crippen LogP contribution in [0.3, 0.4) is 0 Å². The molecule has 0 aliphatic carbocycles. The molecule has 6 heteroatoms. The molecule has 0 fully saturated rings. The fraction of sp³-hybridized carbons (Fsp3) is 0.750. The molecule has 0 N–H and O–H groups in total. The van der Waals surface area contributed by atoms with Crippen LogP contribution in [0.25, 0.3) is 0 Å². The molecule has 0 aliphatic rings. The minimum absolute atomic E-state index is 0.464. The van der Waals surface area contributed by atoms with E-state index in [0.717, 1.165) is 33.2 Å². The lowest BCUT2D eigenvalue weighted by molar-refractivity contribution is -0.270. The van der Waals surface area contributed by atoms with E-state index >= 15 is 4.39 Å². The second-order valence-corrected chi connectivity index (χ2v) is 7.81. The van der Waals surface area contributed by atoms with Crippen LogP contribution in [0.4, 0.5) is 22.0 Å². The highest BCUT2D eigenvalue weighted by atomic mass is 19.3. The Bertz CT molecular complexity index is 494. The Labute approximate surface area is 128 Å². The number of alkyl halides is 5. The standard InChI is InChI=1S/C16H24F5N/c1-12(2,3)14(17,16(20,21)13(4,5)6)11-15(18,19)22-9-7-8-10-22/h7-10H,11H2,1-6H3. The quantitative estimate of drug-likeness (QED) is 0.611. The zero-order valence-electron chi connectivity index (χ0n) is 13.9. The molecule has 0 radical (unpaired) electrons. The first-order valence-corrected chi connectivity index (χ1v) is 7.14. The molecule has 128 valence electrons. The summed E-state index contributed by atoms with van der Waals surface area (Å²) in [4.78, 5) is 0. The van der Waals surface area contributed by atoms with Gasteiger partial charge >= 0.3 is 6.05 Å². The van der Waals surface area contributed by atoms with Gasteiger partial charge in [0.2, 0.25) is 0 Å². The number of rotatable bonds is 4. The van der Waals surface area contributed by atoms with Gasteiger partial charge in [0.05, 0.1) is 6.42 Å². The first kappa shape index (κ1) is 19.0. The smallest absolute Gasteiger partial charge is 0.296 e. The van der Waals surface area contributed by atoms with Crippen LogP contribution in [0.1, 0.15) is 48.0 Å². The summed E-state index contributed by atoms with van der Waals surface area (Å²) in [7, 11) is 0. The van der Waals surface area contributed by atoms with Crippen molar-refractivity contribution in [2.24, 2.45) is 10.8 Å². The van der Waals surface area contributed by atoms with E-state index in [2.05, 4.69) is 0 Å². The van der Waals surface area contributed by atoms with Gasteiger partial charge in [0, 0.05) is 23.2 Å². The van der Waals surface area contributed by atoms with Crippen LogP contribution in [0.5, 0.6) is 0 Å². The number of hydrogen-bond donors (Lipinski definition) is 0. The minimum atomic E-state index is -3.94. The van der Waals surface area contributed by atoms with Crippen molar-refractivity contribution in [1.82, 2.24) is 4.57 Å². The Hall–Kier alpha value is -1.07. The highest BCUT2D eigenvalue weighted by Gasteiger charge is 2.69. The molecule has 1 unspecified atom stereocenters. The van der Waals surface area contributed by atoms with Crippen LogP contribution in [-0.4, -0.2) is 16.2 Å². The molecule has 1 aromatic rings. The molecule has 1 rings (SSSR count). The van der Waals surface area contributed by atoms with E-state index in [1.165, 1.54) is 32.9 Å². The van der Waals surface area contributed by atoms with E-state index in [1.54, 1.807) is 0 Å².